The van der Waals surface area contributed by atoms with E-state index in [1.54, 1.807) is 0 Å². The van der Waals surface area contributed by atoms with Gasteiger partial charge in [0.05, 0.1) is 0 Å². The molecule has 0 aromatic heterocycles. The second-order valence-electron chi connectivity index (χ2n) is 3.45. The molecule has 3 rings (SSSR count). The quantitative estimate of drug-likeness (QED) is 0.540. The summed E-state index contributed by atoms with van der Waals surface area (Å²) in [6, 6.07) is 12.6. The molecule has 0 bridgehead atoms. The molecule has 2 aromatic rings. The first kappa shape index (κ1) is 7.41. The fraction of sp³-hybridized carbons (Fsp3) is 0. The van der Waals surface area contributed by atoms with Crippen LogP contribution in [0.4, 0.5) is 0 Å². The monoisotopic (exact) mass is 176 g/mol. The van der Waals surface area contributed by atoms with Gasteiger partial charge in [-0.2, -0.15) is 0 Å². The lowest BCUT2D eigenvalue weighted by molar-refractivity contribution is 1.71. The summed E-state index contributed by atoms with van der Waals surface area (Å²) in [7, 11) is 0. The van der Waals surface area contributed by atoms with Crippen LogP contribution in [0.5, 0.6) is 0 Å². The molecule has 0 unspecified atom stereocenters. The van der Waals surface area contributed by atoms with E-state index in [0.717, 1.165) is 5.57 Å². The maximum Gasteiger partial charge on any atom is 0.0327 e. The summed E-state index contributed by atoms with van der Waals surface area (Å²) in [5, 5.41) is 2.56. The highest BCUT2D eigenvalue weighted by Crippen LogP contribution is 2.35. The van der Waals surface area contributed by atoms with E-state index < -0.39 is 0 Å². The second kappa shape index (κ2) is 2.49. The molecule has 0 saturated carbocycles. The van der Waals surface area contributed by atoms with Gasteiger partial charge in [0.2, 0.25) is 0 Å². The SMILES string of the molecule is C#CC1=Cc2cccc3cccc1c23. The molecule has 1 aliphatic carbocycles. The summed E-state index contributed by atoms with van der Waals surface area (Å²) in [6.07, 6.45) is 7.55. The molecule has 14 heavy (non-hydrogen) atoms. The second-order valence-corrected chi connectivity index (χ2v) is 3.45. The summed E-state index contributed by atoms with van der Waals surface area (Å²) in [5.41, 5.74) is 3.43. The Labute approximate surface area is 82.9 Å². The molecule has 0 aliphatic heterocycles. The van der Waals surface area contributed by atoms with Crippen molar-refractivity contribution in [2.75, 3.05) is 0 Å². The highest BCUT2D eigenvalue weighted by molar-refractivity contribution is 6.12. The lowest BCUT2D eigenvalue weighted by atomic mass is 10.0. The zero-order chi connectivity index (χ0) is 9.54. The van der Waals surface area contributed by atoms with Gasteiger partial charge in [-0.25, -0.2) is 0 Å². The van der Waals surface area contributed by atoms with Crippen LogP contribution < -0.4 is 0 Å². The van der Waals surface area contributed by atoms with Crippen LogP contribution >= 0.6 is 0 Å². The molecular weight excluding hydrogens is 168 g/mol. The minimum absolute atomic E-state index is 0.997. The lowest BCUT2D eigenvalue weighted by Gasteiger charge is -2.00. The van der Waals surface area contributed by atoms with E-state index in [-0.39, 0.29) is 0 Å². The van der Waals surface area contributed by atoms with E-state index >= 15 is 0 Å². The van der Waals surface area contributed by atoms with Gasteiger partial charge >= 0.3 is 0 Å². The van der Waals surface area contributed by atoms with E-state index in [0.29, 0.717) is 0 Å². The normalized spacial score (nSPS) is 12.6. The first-order chi connectivity index (χ1) is 6.90. The highest BCUT2D eigenvalue weighted by Gasteiger charge is 2.13. The third-order valence-electron chi connectivity index (χ3n) is 2.68. The van der Waals surface area contributed by atoms with Crippen molar-refractivity contribution in [2.24, 2.45) is 0 Å². The Morgan fingerprint density at radius 3 is 2.57 bits per heavy atom. The van der Waals surface area contributed by atoms with Gasteiger partial charge in [-0.1, -0.05) is 42.3 Å². The molecule has 0 saturated heterocycles. The molecule has 0 fully saturated rings. The average molecular weight is 176 g/mol. The minimum Gasteiger partial charge on any atom is -0.115 e. The van der Waals surface area contributed by atoms with Crippen LogP contribution in [0.1, 0.15) is 11.1 Å². The molecule has 0 atom stereocenters. The topological polar surface area (TPSA) is 0 Å². The number of benzene rings is 2. The number of rotatable bonds is 0. The van der Waals surface area contributed by atoms with Crippen LogP contribution in [0.2, 0.25) is 0 Å². The van der Waals surface area contributed by atoms with E-state index in [2.05, 4.69) is 48.4 Å². The van der Waals surface area contributed by atoms with E-state index in [1.165, 1.54) is 21.9 Å². The summed E-state index contributed by atoms with van der Waals surface area (Å²) in [5.74, 6) is 2.73. The Kier molecular flexibility index (Phi) is 1.32. The first-order valence-electron chi connectivity index (χ1n) is 4.60. The summed E-state index contributed by atoms with van der Waals surface area (Å²) in [4.78, 5) is 0. The largest absolute Gasteiger partial charge is 0.115 e. The van der Waals surface area contributed by atoms with Gasteiger partial charge in [-0.15, -0.1) is 6.42 Å². The Bertz CT molecular complexity index is 590. The Morgan fingerprint density at radius 1 is 1.00 bits per heavy atom. The molecule has 1 aliphatic rings. The van der Waals surface area contributed by atoms with Crippen molar-refractivity contribution in [1.29, 1.82) is 0 Å². The van der Waals surface area contributed by atoms with Crippen molar-refractivity contribution in [3.8, 4) is 12.3 Å². The van der Waals surface area contributed by atoms with Gasteiger partial charge in [-0.3, -0.25) is 0 Å². The van der Waals surface area contributed by atoms with Crippen LogP contribution in [0.25, 0.3) is 22.4 Å². The van der Waals surface area contributed by atoms with Gasteiger partial charge in [0.1, 0.15) is 0 Å². The maximum absolute atomic E-state index is 5.47. The van der Waals surface area contributed by atoms with Gasteiger partial charge < -0.3 is 0 Å². The predicted octanol–water partition coefficient (Wildman–Crippen LogP) is 3.33. The van der Waals surface area contributed by atoms with Crippen LogP contribution in [-0.2, 0) is 0 Å². The number of hydrogen-bond donors (Lipinski definition) is 0. The molecule has 64 valence electrons. The number of hydrogen-bond acceptors (Lipinski definition) is 0. The average Bonchev–Trinajstić information content (AvgIpc) is 2.60. The van der Waals surface area contributed by atoms with Crippen LogP contribution in [-0.4, -0.2) is 0 Å². The summed E-state index contributed by atoms with van der Waals surface area (Å²) < 4.78 is 0. The summed E-state index contributed by atoms with van der Waals surface area (Å²) in [6.45, 7) is 0. The van der Waals surface area contributed by atoms with Gasteiger partial charge in [0.15, 0.2) is 0 Å². The van der Waals surface area contributed by atoms with E-state index in [9.17, 15) is 0 Å². The molecule has 2 aromatic carbocycles. The van der Waals surface area contributed by atoms with Crippen LogP contribution in [0.15, 0.2) is 36.4 Å². The van der Waals surface area contributed by atoms with Crippen molar-refractivity contribution in [1.82, 2.24) is 0 Å². The molecule has 0 N–H and O–H groups in total. The van der Waals surface area contributed by atoms with Crippen LogP contribution in [0, 0.1) is 12.3 Å². The molecule has 0 nitrogen and oxygen atoms in total. The zero-order valence-electron chi connectivity index (χ0n) is 7.62. The Balaban J connectivity index is 2.54. The fourth-order valence-electron chi connectivity index (χ4n) is 2.07. The molecule has 0 radical (unpaired) electrons. The van der Waals surface area contributed by atoms with E-state index in [4.69, 9.17) is 6.42 Å². The van der Waals surface area contributed by atoms with Gasteiger partial charge in [0, 0.05) is 5.57 Å². The molecule has 0 amide bonds. The number of allylic oxidation sites excluding steroid dienone is 1. The molecule has 0 spiro atoms. The molecular formula is C14H8. The van der Waals surface area contributed by atoms with Crippen molar-refractivity contribution in [3.05, 3.63) is 47.5 Å². The lowest BCUT2D eigenvalue weighted by Crippen LogP contribution is -1.78. The smallest absolute Gasteiger partial charge is 0.0327 e. The minimum atomic E-state index is 0.997. The van der Waals surface area contributed by atoms with Crippen molar-refractivity contribution < 1.29 is 0 Å². The maximum atomic E-state index is 5.47. The van der Waals surface area contributed by atoms with Crippen molar-refractivity contribution in [3.63, 3.8) is 0 Å². The van der Waals surface area contributed by atoms with Crippen molar-refractivity contribution in [2.45, 2.75) is 0 Å². The first-order valence-corrected chi connectivity index (χ1v) is 4.60. The third-order valence-corrected chi connectivity index (χ3v) is 2.68. The number of terminal acetylenes is 1. The third kappa shape index (κ3) is 0.791. The molecule has 0 heteroatoms. The van der Waals surface area contributed by atoms with Gasteiger partial charge in [-0.05, 0) is 28.0 Å². The predicted molar refractivity (Wildman–Crippen MR) is 60.7 cm³/mol. The van der Waals surface area contributed by atoms with E-state index in [1.807, 2.05) is 0 Å². The standard InChI is InChI=1S/C14H8/c1-2-10-9-12-7-3-5-11-6-4-8-13(10)14(11)12/h1,3-9H. The fourth-order valence-corrected chi connectivity index (χ4v) is 2.07. The zero-order valence-corrected chi connectivity index (χ0v) is 7.62. The van der Waals surface area contributed by atoms with Crippen LogP contribution in [0.3, 0.4) is 0 Å². The summed E-state index contributed by atoms with van der Waals surface area (Å²) >= 11 is 0. The highest BCUT2D eigenvalue weighted by atomic mass is 14.2. The Morgan fingerprint density at radius 2 is 1.79 bits per heavy atom. The Hall–Kier alpha value is -2.00. The van der Waals surface area contributed by atoms with Crippen molar-refractivity contribution >= 4 is 22.4 Å². The van der Waals surface area contributed by atoms with Gasteiger partial charge in [0.25, 0.3) is 0 Å². The molecule has 0 heterocycles.